The Balaban J connectivity index is 1.84. The first-order valence-corrected chi connectivity index (χ1v) is 7.01. The Labute approximate surface area is 136 Å². The van der Waals surface area contributed by atoms with Crippen molar-refractivity contribution >= 4 is 17.4 Å². The van der Waals surface area contributed by atoms with Gasteiger partial charge in [0.25, 0.3) is 5.91 Å². The van der Waals surface area contributed by atoms with Gasteiger partial charge in [0.2, 0.25) is 0 Å². The maximum atomic E-state index is 13.2. The summed E-state index contributed by atoms with van der Waals surface area (Å²) in [6.45, 7) is 0. The number of carbonyl (C=O) groups excluding carboxylic acids is 1. The number of methoxy groups -OCH3 is 1. The lowest BCUT2D eigenvalue weighted by Crippen LogP contribution is -2.15. The van der Waals surface area contributed by atoms with Gasteiger partial charge in [-0.15, -0.1) is 5.10 Å². The Bertz CT molecular complexity index is 876. The molecule has 8 heteroatoms. The van der Waals surface area contributed by atoms with Crippen molar-refractivity contribution in [2.45, 2.75) is 0 Å². The number of amides is 1. The first-order valence-electron chi connectivity index (χ1n) is 7.01. The van der Waals surface area contributed by atoms with E-state index in [0.29, 0.717) is 17.1 Å². The van der Waals surface area contributed by atoms with E-state index in [1.807, 2.05) is 0 Å². The topological polar surface area (TPSA) is 95.1 Å². The summed E-state index contributed by atoms with van der Waals surface area (Å²) >= 11 is 0. The smallest absolute Gasteiger partial charge is 0.280 e. The molecule has 0 saturated heterocycles. The number of carbonyl (C=O) groups is 1. The Hall–Kier alpha value is -3.42. The highest BCUT2D eigenvalue weighted by Gasteiger charge is 2.18. The predicted molar refractivity (Wildman–Crippen MR) is 86.7 cm³/mol. The molecule has 1 aromatic heterocycles. The maximum Gasteiger partial charge on any atom is 0.280 e. The number of nitrogen functional groups attached to an aromatic ring is 1. The fourth-order valence-corrected chi connectivity index (χ4v) is 2.12. The predicted octanol–water partition coefficient (Wildman–Crippen LogP) is 2.25. The van der Waals surface area contributed by atoms with E-state index in [9.17, 15) is 9.18 Å². The normalized spacial score (nSPS) is 10.4. The molecule has 0 aliphatic rings. The van der Waals surface area contributed by atoms with E-state index in [1.165, 1.54) is 22.9 Å². The summed E-state index contributed by atoms with van der Waals surface area (Å²) in [6, 6.07) is 12.5. The van der Waals surface area contributed by atoms with Crippen LogP contribution in [-0.2, 0) is 0 Å². The van der Waals surface area contributed by atoms with Crippen molar-refractivity contribution in [3.63, 3.8) is 0 Å². The Morgan fingerprint density at radius 3 is 2.67 bits per heavy atom. The number of halogens is 1. The van der Waals surface area contributed by atoms with Gasteiger partial charge in [0.05, 0.1) is 12.8 Å². The van der Waals surface area contributed by atoms with Crippen LogP contribution < -0.4 is 15.8 Å². The van der Waals surface area contributed by atoms with Gasteiger partial charge in [-0.2, -0.15) is 4.68 Å². The third-order valence-electron chi connectivity index (χ3n) is 3.32. The lowest BCUT2D eigenvalue weighted by Gasteiger charge is -2.06. The number of hydrogen-bond acceptors (Lipinski definition) is 5. The van der Waals surface area contributed by atoms with Gasteiger partial charge in [-0.1, -0.05) is 11.3 Å². The van der Waals surface area contributed by atoms with Gasteiger partial charge < -0.3 is 15.8 Å². The van der Waals surface area contributed by atoms with Gasteiger partial charge in [0.15, 0.2) is 11.5 Å². The van der Waals surface area contributed by atoms with Crippen molar-refractivity contribution < 1.29 is 13.9 Å². The Kier molecular flexibility index (Phi) is 4.11. The number of nitrogens with zero attached hydrogens (tertiary/aromatic N) is 3. The van der Waals surface area contributed by atoms with Crippen molar-refractivity contribution in [1.82, 2.24) is 15.0 Å². The largest absolute Gasteiger partial charge is 0.497 e. The van der Waals surface area contributed by atoms with Crippen LogP contribution in [0.4, 0.5) is 15.9 Å². The van der Waals surface area contributed by atoms with Crippen molar-refractivity contribution in [3.05, 3.63) is 60.0 Å². The molecule has 24 heavy (non-hydrogen) atoms. The number of rotatable bonds is 4. The lowest BCUT2D eigenvalue weighted by molar-refractivity contribution is 0.102. The fraction of sp³-hybridized carbons (Fsp3) is 0.0625. The lowest BCUT2D eigenvalue weighted by atomic mass is 10.3. The second kappa shape index (κ2) is 6.37. The van der Waals surface area contributed by atoms with Gasteiger partial charge in [-0.05, 0) is 42.5 Å². The molecule has 2 aromatic carbocycles. The highest BCUT2D eigenvalue weighted by atomic mass is 19.1. The molecule has 0 spiro atoms. The third kappa shape index (κ3) is 3.02. The summed E-state index contributed by atoms with van der Waals surface area (Å²) in [5, 5.41) is 10.2. The molecule has 1 amide bonds. The first kappa shape index (κ1) is 15.5. The summed E-state index contributed by atoms with van der Waals surface area (Å²) < 4.78 is 19.6. The zero-order chi connectivity index (χ0) is 17.1. The van der Waals surface area contributed by atoms with Gasteiger partial charge in [0, 0.05) is 5.69 Å². The molecule has 0 aliphatic heterocycles. The van der Waals surface area contributed by atoms with E-state index in [0.717, 1.165) is 0 Å². The van der Waals surface area contributed by atoms with Gasteiger partial charge >= 0.3 is 0 Å². The highest BCUT2D eigenvalue weighted by molar-refractivity contribution is 6.05. The number of ether oxygens (including phenoxy) is 1. The maximum absolute atomic E-state index is 13.2. The van der Waals surface area contributed by atoms with E-state index in [-0.39, 0.29) is 11.5 Å². The molecule has 0 aliphatic carbocycles. The second-order valence-electron chi connectivity index (χ2n) is 4.90. The number of anilines is 2. The number of aromatic nitrogens is 3. The van der Waals surface area contributed by atoms with E-state index in [2.05, 4.69) is 15.6 Å². The van der Waals surface area contributed by atoms with E-state index >= 15 is 0 Å². The molecule has 0 radical (unpaired) electrons. The van der Waals surface area contributed by atoms with Crippen LogP contribution in [0, 0.1) is 5.82 Å². The van der Waals surface area contributed by atoms with Crippen molar-refractivity contribution in [1.29, 1.82) is 0 Å². The molecule has 0 unspecified atom stereocenters. The third-order valence-corrected chi connectivity index (χ3v) is 3.32. The van der Waals surface area contributed by atoms with Crippen LogP contribution in [0.3, 0.4) is 0 Å². The van der Waals surface area contributed by atoms with E-state index in [4.69, 9.17) is 10.5 Å². The van der Waals surface area contributed by atoms with E-state index < -0.39 is 11.7 Å². The van der Waals surface area contributed by atoms with Crippen molar-refractivity contribution in [2.75, 3.05) is 18.2 Å². The standard InChI is InChI=1S/C16H14FN5O2/c1-24-13-7-5-12(6-8-13)22-15(18)14(20-21-22)16(23)19-11-4-2-3-10(17)9-11/h2-9H,18H2,1H3,(H,19,23). The van der Waals surface area contributed by atoms with Gasteiger partial charge in [-0.3, -0.25) is 4.79 Å². The average molecular weight is 327 g/mol. The molecule has 3 aromatic rings. The molecular weight excluding hydrogens is 313 g/mol. The molecule has 3 N–H and O–H groups in total. The Morgan fingerprint density at radius 2 is 2.00 bits per heavy atom. The van der Waals surface area contributed by atoms with Crippen LogP contribution in [0.25, 0.3) is 5.69 Å². The highest BCUT2D eigenvalue weighted by Crippen LogP contribution is 2.19. The van der Waals surface area contributed by atoms with Crippen LogP contribution in [0.1, 0.15) is 10.5 Å². The minimum Gasteiger partial charge on any atom is -0.497 e. The summed E-state index contributed by atoms with van der Waals surface area (Å²) in [7, 11) is 1.56. The van der Waals surface area contributed by atoms with Crippen molar-refractivity contribution in [2.24, 2.45) is 0 Å². The molecule has 1 heterocycles. The molecule has 0 bridgehead atoms. The molecular formula is C16H14FN5O2. The quantitative estimate of drug-likeness (QED) is 0.766. The van der Waals surface area contributed by atoms with Crippen LogP contribution in [0.5, 0.6) is 5.75 Å². The molecule has 0 fully saturated rings. The van der Waals surface area contributed by atoms with Crippen LogP contribution in [-0.4, -0.2) is 28.0 Å². The van der Waals surface area contributed by atoms with Crippen LogP contribution in [0.2, 0.25) is 0 Å². The molecule has 0 atom stereocenters. The second-order valence-corrected chi connectivity index (χ2v) is 4.90. The summed E-state index contributed by atoms with van der Waals surface area (Å²) in [6.07, 6.45) is 0. The first-order chi connectivity index (χ1) is 11.6. The minimum absolute atomic E-state index is 0.0462. The number of benzene rings is 2. The zero-order valence-electron chi connectivity index (χ0n) is 12.7. The monoisotopic (exact) mass is 327 g/mol. The minimum atomic E-state index is -0.571. The average Bonchev–Trinajstić information content (AvgIpc) is 2.96. The number of nitrogens with two attached hydrogens (primary N) is 1. The van der Waals surface area contributed by atoms with Crippen LogP contribution >= 0.6 is 0 Å². The van der Waals surface area contributed by atoms with E-state index in [1.54, 1.807) is 37.4 Å². The Morgan fingerprint density at radius 1 is 1.25 bits per heavy atom. The molecule has 7 nitrogen and oxygen atoms in total. The number of hydrogen-bond donors (Lipinski definition) is 2. The SMILES string of the molecule is COc1ccc(-n2nnc(C(=O)Nc3cccc(F)c3)c2N)cc1. The van der Waals surface area contributed by atoms with Crippen LogP contribution in [0.15, 0.2) is 48.5 Å². The van der Waals surface area contributed by atoms with Gasteiger partial charge in [0.1, 0.15) is 11.6 Å². The zero-order valence-corrected chi connectivity index (χ0v) is 12.7. The molecule has 3 rings (SSSR count). The van der Waals surface area contributed by atoms with Crippen molar-refractivity contribution in [3.8, 4) is 11.4 Å². The van der Waals surface area contributed by atoms with Gasteiger partial charge in [-0.25, -0.2) is 4.39 Å². The summed E-state index contributed by atoms with van der Waals surface area (Å²) in [5.41, 5.74) is 6.85. The summed E-state index contributed by atoms with van der Waals surface area (Å²) in [4.78, 5) is 12.2. The summed E-state index contributed by atoms with van der Waals surface area (Å²) in [5.74, 6) is -0.268. The fourth-order valence-electron chi connectivity index (χ4n) is 2.12. The number of nitrogens with one attached hydrogen (secondary N) is 1. The molecule has 122 valence electrons. The molecule has 0 saturated carbocycles.